The van der Waals surface area contributed by atoms with Crippen LogP contribution in [0.3, 0.4) is 0 Å². The first-order valence-electron chi connectivity index (χ1n) is 5.87. The number of aromatic nitrogens is 2. The molecule has 2 rings (SSSR count). The zero-order chi connectivity index (χ0) is 10.5. The van der Waals surface area contributed by atoms with Gasteiger partial charge < -0.3 is 5.32 Å². The van der Waals surface area contributed by atoms with E-state index >= 15 is 0 Å². The average molecular weight is 225 g/mol. The van der Waals surface area contributed by atoms with E-state index in [1.165, 1.54) is 54.9 Å². The van der Waals surface area contributed by atoms with Gasteiger partial charge in [0.1, 0.15) is 0 Å². The highest BCUT2D eigenvalue weighted by atomic mass is 32.1. The first-order chi connectivity index (χ1) is 7.36. The Morgan fingerprint density at radius 2 is 2.00 bits per heavy atom. The largest absolute Gasteiger partial charge is 0.309 e. The monoisotopic (exact) mass is 225 g/mol. The van der Waals surface area contributed by atoms with Crippen LogP contribution in [0.1, 0.15) is 49.1 Å². The minimum absolute atomic E-state index is 0.717. The van der Waals surface area contributed by atoms with Crippen LogP contribution in [0.4, 0.5) is 0 Å². The Hall–Kier alpha value is -0.480. The fraction of sp³-hybridized carbons (Fsp3) is 0.818. The molecule has 1 aromatic heterocycles. The third-order valence-electron chi connectivity index (χ3n) is 3.15. The number of hydrogen-bond acceptors (Lipinski definition) is 4. The second kappa shape index (κ2) is 5.56. The Labute approximate surface area is 95.4 Å². The van der Waals surface area contributed by atoms with Crippen LogP contribution in [0.25, 0.3) is 0 Å². The molecule has 0 atom stereocenters. The van der Waals surface area contributed by atoms with E-state index in [4.69, 9.17) is 0 Å². The second-order valence-electron chi connectivity index (χ2n) is 4.35. The van der Waals surface area contributed by atoms with Gasteiger partial charge in [-0.3, -0.25) is 0 Å². The molecule has 0 radical (unpaired) electrons. The van der Waals surface area contributed by atoms with Crippen molar-refractivity contribution < 1.29 is 0 Å². The maximum Gasteiger partial charge on any atom is 0.0769 e. The van der Waals surface area contributed by atoms with Crippen LogP contribution in [0.5, 0.6) is 0 Å². The molecule has 84 valence electrons. The molecule has 1 heterocycles. The molecule has 1 fully saturated rings. The topological polar surface area (TPSA) is 37.8 Å². The molecule has 3 nitrogen and oxygen atoms in total. The second-order valence-corrected chi connectivity index (χ2v) is 5.19. The fourth-order valence-electron chi connectivity index (χ4n) is 2.13. The molecule has 0 saturated heterocycles. The molecule has 15 heavy (non-hydrogen) atoms. The van der Waals surface area contributed by atoms with Gasteiger partial charge in [-0.05, 0) is 31.3 Å². The molecule has 0 aliphatic heterocycles. The smallest absolute Gasteiger partial charge is 0.0769 e. The van der Waals surface area contributed by atoms with Gasteiger partial charge >= 0.3 is 0 Å². The molecule has 1 aliphatic rings. The summed E-state index contributed by atoms with van der Waals surface area (Å²) in [6.07, 6.45) is 8.28. The summed E-state index contributed by atoms with van der Waals surface area (Å²) in [5, 5.41) is 7.66. The predicted octanol–water partition coefficient (Wildman–Crippen LogP) is 2.66. The van der Waals surface area contributed by atoms with Crippen molar-refractivity contribution in [3.05, 3.63) is 10.6 Å². The van der Waals surface area contributed by atoms with E-state index in [2.05, 4.69) is 14.9 Å². The Balaban J connectivity index is 1.79. The normalized spacial score (nSPS) is 19.0. The van der Waals surface area contributed by atoms with Crippen LogP contribution in [-0.2, 0) is 6.54 Å². The molecule has 4 heteroatoms. The number of nitrogens with one attached hydrogen (secondary N) is 1. The van der Waals surface area contributed by atoms with Crippen LogP contribution < -0.4 is 5.32 Å². The lowest BCUT2D eigenvalue weighted by Gasteiger charge is -2.15. The predicted molar refractivity (Wildman–Crippen MR) is 63.0 cm³/mol. The van der Waals surface area contributed by atoms with Gasteiger partial charge in [0, 0.05) is 12.6 Å². The molecule has 0 bridgehead atoms. The highest BCUT2D eigenvalue weighted by molar-refractivity contribution is 7.05. The van der Waals surface area contributed by atoms with Gasteiger partial charge in [0.2, 0.25) is 0 Å². The lowest BCUT2D eigenvalue weighted by Crippen LogP contribution is -2.27. The van der Waals surface area contributed by atoms with Crippen molar-refractivity contribution in [2.45, 2.75) is 58.0 Å². The zero-order valence-electron chi connectivity index (χ0n) is 9.33. The highest BCUT2D eigenvalue weighted by Crippen LogP contribution is 2.18. The van der Waals surface area contributed by atoms with E-state index < -0.39 is 0 Å². The summed E-state index contributed by atoms with van der Waals surface area (Å²) in [5.74, 6) is 0. The summed E-state index contributed by atoms with van der Waals surface area (Å²) < 4.78 is 3.96. The molecular weight excluding hydrogens is 206 g/mol. The Morgan fingerprint density at radius 1 is 1.27 bits per heavy atom. The van der Waals surface area contributed by atoms with Crippen molar-refractivity contribution in [1.29, 1.82) is 0 Å². The molecular formula is C11H19N3S. The molecule has 0 unspecified atom stereocenters. The molecule has 0 spiro atoms. The number of aryl methyl sites for hydroxylation is 1. The summed E-state index contributed by atoms with van der Waals surface area (Å²) in [6, 6.07) is 0.717. The first-order valence-corrected chi connectivity index (χ1v) is 6.65. The van der Waals surface area contributed by atoms with Crippen molar-refractivity contribution in [2.75, 3.05) is 0 Å². The maximum absolute atomic E-state index is 4.03. The van der Waals surface area contributed by atoms with Crippen LogP contribution >= 0.6 is 11.5 Å². The van der Waals surface area contributed by atoms with Gasteiger partial charge in [0.05, 0.1) is 10.6 Å². The van der Waals surface area contributed by atoms with E-state index in [1.807, 2.05) is 6.92 Å². The summed E-state index contributed by atoms with van der Waals surface area (Å²) in [4.78, 5) is 1.29. The van der Waals surface area contributed by atoms with Gasteiger partial charge in [-0.2, -0.15) is 0 Å². The SMILES string of the molecule is Cc1nnsc1CNC1CCCCCC1. The zero-order valence-corrected chi connectivity index (χ0v) is 10.1. The Kier molecular flexibility index (Phi) is 4.09. The van der Waals surface area contributed by atoms with Crippen molar-refractivity contribution in [2.24, 2.45) is 0 Å². The van der Waals surface area contributed by atoms with E-state index in [0.29, 0.717) is 6.04 Å². The van der Waals surface area contributed by atoms with Crippen LogP contribution in [0.15, 0.2) is 0 Å². The standard InChI is InChI=1S/C11H19N3S/c1-9-11(15-14-13-9)8-12-10-6-4-2-3-5-7-10/h10,12H,2-8H2,1H3. The van der Waals surface area contributed by atoms with Crippen molar-refractivity contribution in [1.82, 2.24) is 14.9 Å². The van der Waals surface area contributed by atoms with Gasteiger partial charge in [-0.1, -0.05) is 30.2 Å². The summed E-state index contributed by atoms with van der Waals surface area (Å²) in [5.41, 5.74) is 1.08. The number of rotatable bonds is 3. The van der Waals surface area contributed by atoms with Gasteiger partial charge in [-0.25, -0.2) is 0 Å². The molecule has 0 aromatic carbocycles. The number of nitrogens with zero attached hydrogens (tertiary/aromatic N) is 2. The van der Waals surface area contributed by atoms with Gasteiger partial charge in [-0.15, -0.1) is 5.10 Å². The summed E-state index contributed by atoms with van der Waals surface area (Å²) in [6.45, 7) is 2.99. The summed E-state index contributed by atoms with van der Waals surface area (Å²) >= 11 is 1.52. The molecule has 0 amide bonds. The average Bonchev–Trinajstić information content (AvgIpc) is 2.53. The number of hydrogen-bond donors (Lipinski definition) is 1. The highest BCUT2D eigenvalue weighted by Gasteiger charge is 2.12. The van der Waals surface area contributed by atoms with Gasteiger partial charge in [0.15, 0.2) is 0 Å². The van der Waals surface area contributed by atoms with E-state index in [9.17, 15) is 0 Å². The first kappa shape index (κ1) is 11.0. The van der Waals surface area contributed by atoms with Gasteiger partial charge in [0.25, 0.3) is 0 Å². The molecule has 1 N–H and O–H groups in total. The molecule has 1 aromatic rings. The molecule has 1 saturated carbocycles. The van der Waals surface area contributed by atoms with E-state index in [1.54, 1.807) is 0 Å². The lowest BCUT2D eigenvalue weighted by atomic mass is 10.1. The van der Waals surface area contributed by atoms with Crippen molar-refractivity contribution in [3.8, 4) is 0 Å². The minimum Gasteiger partial charge on any atom is -0.309 e. The van der Waals surface area contributed by atoms with Crippen molar-refractivity contribution >= 4 is 11.5 Å². The Bertz CT molecular complexity index is 290. The van der Waals surface area contributed by atoms with Crippen molar-refractivity contribution in [3.63, 3.8) is 0 Å². The maximum atomic E-state index is 4.03. The Morgan fingerprint density at radius 3 is 2.60 bits per heavy atom. The fourth-order valence-corrected chi connectivity index (χ4v) is 2.72. The third kappa shape index (κ3) is 3.24. The quantitative estimate of drug-likeness (QED) is 0.804. The van der Waals surface area contributed by atoms with Crippen LogP contribution in [0.2, 0.25) is 0 Å². The summed E-state index contributed by atoms with van der Waals surface area (Å²) in [7, 11) is 0. The lowest BCUT2D eigenvalue weighted by molar-refractivity contribution is 0.460. The minimum atomic E-state index is 0.717. The van der Waals surface area contributed by atoms with Crippen LogP contribution in [-0.4, -0.2) is 15.6 Å². The molecule has 1 aliphatic carbocycles. The van der Waals surface area contributed by atoms with E-state index in [-0.39, 0.29) is 0 Å². The van der Waals surface area contributed by atoms with Crippen LogP contribution in [0, 0.1) is 6.92 Å². The third-order valence-corrected chi connectivity index (χ3v) is 3.98. The van der Waals surface area contributed by atoms with E-state index in [0.717, 1.165) is 12.2 Å².